The summed E-state index contributed by atoms with van der Waals surface area (Å²) in [6.07, 6.45) is 0. The second kappa shape index (κ2) is 3.21. The smallest absolute Gasteiger partial charge is 0.103 e. The highest BCUT2D eigenvalue weighted by atomic mass is 19.1. The van der Waals surface area contributed by atoms with Gasteiger partial charge in [-0.3, -0.25) is 5.10 Å². The summed E-state index contributed by atoms with van der Waals surface area (Å²) in [7, 11) is 0. The highest BCUT2D eigenvalue weighted by Crippen LogP contribution is 2.23. The van der Waals surface area contributed by atoms with Gasteiger partial charge in [0.05, 0.1) is 11.1 Å². The Kier molecular flexibility index (Phi) is 2.45. The Balaban J connectivity index is 2.94. The third-order valence-corrected chi connectivity index (χ3v) is 1.95. The van der Waals surface area contributed by atoms with Crippen LogP contribution < -0.4 is 0 Å². The fourth-order valence-electron chi connectivity index (χ4n) is 0.911. The number of aromatic amines is 1. The van der Waals surface area contributed by atoms with Crippen molar-refractivity contribution < 1.29 is 8.78 Å². The summed E-state index contributed by atoms with van der Waals surface area (Å²) in [6.45, 7) is 1.87. The highest BCUT2D eigenvalue weighted by Gasteiger charge is 2.28. The number of aromatic nitrogens is 2. The summed E-state index contributed by atoms with van der Waals surface area (Å²) in [6, 6.07) is 1.67. The van der Waals surface area contributed by atoms with Crippen LogP contribution in [0.3, 0.4) is 0 Å². The minimum atomic E-state index is -1.05. The fraction of sp³-hybridized carbons (Fsp3) is 0.625. The molecular formula is C8H12F2N2. The van der Waals surface area contributed by atoms with E-state index < -0.39 is 18.8 Å². The molecule has 1 aromatic heterocycles. The molecule has 0 saturated heterocycles. The van der Waals surface area contributed by atoms with Crippen molar-refractivity contribution in [2.75, 3.05) is 13.3 Å². The molecule has 0 aliphatic rings. The third kappa shape index (κ3) is 1.47. The zero-order valence-electron chi connectivity index (χ0n) is 7.19. The topological polar surface area (TPSA) is 28.7 Å². The van der Waals surface area contributed by atoms with E-state index in [1.165, 1.54) is 6.92 Å². The molecule has 1 heterocycles. The van der Waals surface area contributed by atoms with E-state index in [1.807, 2.05) is 0 Å². The number of hydrogen-bond acceptors (Lipinski definition) is 1. The average molecular weight is 174 g/mol. The normalized spacial score (nSPS) is 12.0. The molecule has 0 atom stereocenters. The molecule has 0 fully saturated rings. The number of aryl methyl sites for hydroxylation is 1. The number of nitrogens with zero attached hydrogens (tertiary/aromatic N) is 1. The first kappa shape index (κ1) is 9.16. The molecule has 0 aromatic carbocycles. The van der Waals surface area contributed by atoms with E-state index in [1.54, 1.807) is 13.0 Å². The number of halogens is 2. The summed E-state index contributed by atoms with van der Waals surface area (Å²) in [5.74, 6) is 0. The average Bonchev–Trinajstić information content (AvgIpc) is 2.51. The predicted molar refractivity (Wildman–Crippen MR) is 42.6 cm³/mol. The van der Waals surface area contributed by atoms with Crippen LogP contribution in [0.25, 0.3) is 0 Å². The molecule has 0 radical (unpaired) electrons. The molecule has 1 N–H and O–H groups in total. The van der Waals surface area contributed by atoms with Crippen LogP contribution in [-0.4, -0.2) is 23.5 Å². The Labute approximate surface area is 70.0 Å². The SMILES string of the molecule is Cc1cc(C(C)(CF)CF)[nH]n1. The number of hydrogen-bond donors (Lipinski definition) is 1. The van der Waals surface area contributed by atoms with Crippen LogP contribution in [0.1, 0.15) is 18.3 Å². The van der Waals surface area contributed by atoms with Crippen molar-refractivity contribution in [2.24, 2.45) is 0 Å². The second-order valence-corrected chi connectivity index (χ2v) is 3.25. The van der Waals surface area contributed by atoms with Crippen LogP contribution in [0.2, 0.25) is 0 Å². The Morgan fingerprint density at radius 1 is 1.50 bits per heavy atom. The van der Waals surface area contributed by atoms with Crippen molar-refractivity contribution in [3.8, 4) is 0 Å². The largest absolute Gasteiger partial charge is 0.282 e. The van der Waals surface area contributed by atoms with Crippen molar-refractivity contribution in [3.05, 3.63) is 17.5 Å². The van der Waals surface area contributed by atoms with Crippen LogP contribution >= 0.6 is 0 Å². The number of alkyl halides is 2. The molecule has 0 aliphatic heterocycles. The molecule has 0 spiro atoms. The standard InChI is InChI=1S/C8H12F2N2/c1-6-3-7(12-11-6)8(2,4-9)5-10/h3H,4-5H2,1-2H3,(H,11,12). The van der Waals surface area contributed by atoms with Crippen LogP contribution in [0.15, 0.2) is 6.07 Å². The zero-order valence-corrected chi connectivity index (χ0v) is 7.19. The molecule has 12 heavy (non-hydrogen) atoms. The third-order valence-electron chi connectivity index (χ3n) is 1.95. The van der Waals surface area contributed by atoms with Crippen LogP contribution in [0, 0.1) is 6.92 Å². The first-order chi connectivity index (χ1) is 5.62. The van der Waals surface area contributed by atoms with E-state index in [2.05, 4.69) is 10.2 Å². The maximum atomic E-state index is 12.4. The molecule has 4 heteroatoms. The van der Waals surface area contributed by atoms with Crippen LogP contribution in [-0.2, 0) is 5.41 Å². The van der Waals surface area contributed by atoms with Gasteiger partial charge in [0.15, 0.2) is 0 Å². The van der Waals surface area contributed by atoms with Crippen molar-refractivity contribution in [1.29, 1.82) is 0 Å². The minimum Gasteiger partial charge on any atom is -0.282 e. The Morgan fingerprint density at radius 2 is 2.08 bits per heavy atom. The highest BCUT2D eigenvalue weighted by molar-refractivity contribution is 5.17. The van der Waals surface area contributed by atoms with E-state index in [9.17, 15) is 8.78 Å². The summed E-state index contributed by atoms with van der Waals surface area (Å²) in [4.78, 5) is 0. The van der Waals surface area contributed by atoms with Crippen LogP contribution in [0.5, 0.6) is 0 Å². The van der Waals surface area contributed by atoms with Gasteiger partial charge in [-0.15, -0.1) is 0 Å². The lowest BCUT2D eigenvalue weighted by molar-refractivity contribution is 0.253. The number of H-pyrrole nitrogens is 1. The van der Waals surface area contributed by atoms with Gasteiger partial charge >= 0.3 is 0 Å². The molecule has 1 rings (SSSR count). The van der Waals surface area contributed by atoms with E-state index in [-0.39, 0.29) is 0 Å². The molecule has 68 valence electrons. The van der Waals surface area contributed by atoms with E-state index in [0.717, 1.165) is 5.69 Å². The molecule has 1 aromatic rings. The van der Waals surface area contributed by atoms with E-state index in [4.69, 9.17) is 0 Å². The van der Waals surface area contributed by atoms with E-state index >= 15 is 0 Å². The monoisotopic (exact) mass is 174 g/mol. The van der Waals surface area contributed by atoms with Gasteiger partial charge in [0.25, 0.3) is 0 Å². The number of rotatable bonds is 3. The van der Waals surface area contributed by atoms with Gasteiger partial charge in [0.2, 0.25) is 0 Å². The van der Waals surface area contributed by atoms with Crippen LogP contribution in [0.4, 0.5) is 8.78 Å². The maximum Gasteiger partial charge on any atom is 0.103 e. The summed E-state index contributed by atoms with van der Waals surface area (Å²) in [5.41, 5.74) is 0.212. The summed E-state index contributed by atoms with van der Waals surface area (Å²) in [5, 5.41) is 6.44. The molecule has 2 nitrogen and oxygen atoms in total. The summed E-state index contributed by atoms with van der Waals surface area (Å²) < 4.78 is 24.9. The number of nitrogens with one attached hydrogen (secondary N) is 1. The molecule has 0 bridgehead atoms. The maximum absolute atomic E-state index is 12.4. The van der Waals surface area contributed by atoms with Crippen molar-refractivity contribution in [3.63, 3.8) is 0 Å². The van der Waals surface area contributed by atoms with Gasteiger partial charge in [-0.25, -0.2) is 8.78 Å². The first-order valence-corrected chi connectivity index (χ1v) is 3.77. The van der Waals surface area contributed by atoms with Gasteiger partial charge in [0.1, 0.15) is 13.3 Å². The zero-order chi connectivity index (χ0) is 9.19. The van der Waals surface area contributed by atoms with Gasteiger partial charge in [0, 0.05) is 5.69 Å². The Bertz CT molecular complexity index is 253. The first-order valence-electron chi connectivity index (χ1n) is 3.77. The minimum absolute atomic E-state index is 0.519. The molecule has 0 amide bonds. The lowest BCUT2D eigenvalue weighted by atomic mass is 9.90. The van der Waals surface area contributed by atoms with Crippen molar-refractivity contribution in [2.45, 2.75) is 19.3 Å². The Hall–Kier alpha value is -0.930. The summed E-state index contributed by atoms with van der Waals surface area (Å²) >= 11 is 0. The van der Waals surface area contributed by atoms with Crippen molar-refractivity contribution in [1.82, 2.24) is 10.2 Å². The Morgan fingerprint density at radius 3 is 2.42 bits per heavy atom. The van der Waals surface area contributed by atoms with Crippen molar-refractivity contribution >= 4 is 0 Å². The quantitative estimate of drug-likeness (QED) is 0.745. The van der Waals surface area contributed by atoms with Gasteiger partial charge in [-0.05, 0) is 19.9 Å². The lowest BCUT2D eigenvalue weighted by Crippen LogP contribution is -2.27. The lowest BCUT2D eigenvalue weighted by Gasteiger charge is -2.19. The second-order valence-electron chi connectivity index (χ2n) is 3.25. The molecule has 0 aliphatic carbocycles. The van der Waals surface area contributed by atoms with E-state index in [0.29, 0.717) is 5.69 Å². The molecule has 0 saturated carbocycles. The predicted octanol–water partition coefficient (Wildman–Crippen LogP) is 1.91. The van der Waals surface area contributed by atoms with Gasteiger partial charge < -0.3 is 0 Å². The fourth-order valence-corrected chi connectivity index (χ4v) is 0.911. The van der Waals surface area contributed by atoms with Gasteiger partial charge in [-0.1, -0.05) is 0 Å². The molecule has 0 unspecified atom stereocenters. The van der Waals surface area contributed by atoms with Gasteiger partial charge in [-0.2, -0.15) is 5.10 Å². The molecular weight excluding hydrogens is 162 g/mol.